The largest absolute Gasteiger partial charge is 0.378 e. The van der Waals surface area contributed by atoms with Gasteiger partial charge in [0.15, 0.2) is 0 Å². The van der Waals surface area contributed by atoms with Crippen LogP contribution in [-0.4, -0.2) is 49.0 Å². The van der Waals surface area contributed by atoms with Crippen molar-refractivity contribution in [3.63, 3.8) is 0 Å². The topological polar surface area (TPSA) is 87.7 Å². The SMILES string of the molecule is O=C(NCCOCCN1C(=O)CCC1=O)NC(c1ccccc1)c1ccccc1. The molecule has 0 unspecified atom stereocenters. The fourth-order valence-electron chi connectivity index (χ4n) is 3.20. The van der Waals surface area contributed by atoms with E-state index in [9.17, 15) is 14.4 Å². The molecule has 7 heteroatoms. The zero-order valence-corrected chi connectivity index (χ0v) is 16.2. The molecule has 3 rings (SSSR count). The van der Waals surface area contributed by atoms with Crippen LogP contribution in [0.15, 0.2) is 60.7 Å². The minimum Gasteiger partial charge on any atom is -0.378 e. The Morgan fingerprint density at radius 2 is 1.45 bits per heavy atom. The summed E-state index contributed by atoms with van der Waals surface area (Å²) in [6.45, 7) is 1.14. The van der Waals surface area contributed by atoms with Crippen molar-refractivity contribution >= 4 is 17.8 Å². The minimum absolute atomic E-state index is 0.149. The summed E-state index contributed by atoms with van der Waals surface area (Å²) in [7, 11) is 0. The zero-order valence-electron chi connectivity index (χ0n) is 16.2. The minimum atomic E-state index is -0.295. The monoisotopic (exact) mass is 395 g/mol. The fourth-order valence-corrected chi connectivity index (χ4v) is 3.20. The number of nitrogens with zero attached hydrogens (tertiary/aromatic N) is 1. The Bertz CT molecular complexity index is 771. The molecule has 4 amide bonds. The van der Waals surface area contributed by atoms with E-state index in [2.05, 4.69) is 10.6 Å². The number of benzene rings is 2. The third-order valence-electron chi connectivity index (χ3n) is 4.69. The molecule has 0 radical (unpaired) electrons. The zero-order chi connectivity index (χ0) is 20.5. The van der Waals surface area contributed by atoms with Gasteiger partial charge in [0, 0.05) is 19.4 Å². The Morgan fingerprint density at radius 1 is 0.897 bits per heavy atom. The lowest BCUT2D eigenvalue weighted by atomic mass is 9.99. The average Bonchev–Trinajstić information content (AvgIpc) is 3.07. The van der Waals surface area contributed by atoms with Crippen molar-refractivity contribution in [3.05, 3.63) is 71.8 Å². The summed E-state index contributed by atoms with van der Waals surface area (Å²) in [5.74, 6) is -0.298. The van der Waals surface area contributed by atoms with Gasteiger partial charge >= 0.3 is 6.03 Å². The molecule has 2 aromatic carbocycles. The van der Waals surface area contributed by atoms with Crippen LogP contribution in [0.25, 0.3) is 0 Å². The number of carbonyl (C=O) groups excluding carboxylic acids is 3. The van der Waals surface area contributed by atoms with Gasteiger partial charge in [0.1, 0.15) is 0 Å². The number of imide groups is 1. The lowest BCUT2D eigenvalue weighted by molar-refractivity contribution is -0.139. The average molecular weight is 395 g/mol. The van der Waals surface area contributed by atoms with E-state index in [4.69, 9.17) is 4.74 Å². The second kappa shape index (κ2) is 10.4. The second-order valence-electron chi connectivity index (χ2n) is 6.71. The quantitative estimate of drug-likeness (QED) is 0.504. The third-order valence-corrected chi connectivity index (χ3v) is 4.69. The van der Waals surface area contributed by atoms with Gasteiger partial charge in [-0.15, -0.1) is 0 Å². The first-order chi connectivity index (χ1) is 14.1. The number of likely N-dealkylation sites (tertiary alicyclic amines) is 1. The number of rotatable bonds is 9. The van der Waals surface area contributed by atoms with Gasteiger partial charge in [-0.25, -0.2) is 4.79 Å². The Morgan fingerprint density at radius 3 is 2.00 bits per heavy atom. The van der Waals surface area contributed by atoms with Crippen LogP contribution in [0.1, 0.15) is 30.0 Å². The molecule has 0 bridgehead atoms. The maximum absolute atomic E-state index is 12.4. The summed E-state index contributed by atoms with van der Waals surface area (Å²) in [5, 5.41) is 5.77. The highest BCUT2D eigenvalue weighted by Gasteiger charge is 2.28. The van der Waals surface area contributed by atoms with Gasteiger partial charge in [0.05, 0.1) is 25.8 Å². The maximum Gasteiger partial charge on any atom is 0.315 e. The van der Waals surface area contributed by atoms with Crippen LogP contribution in [0.5, 0.6) is 0 Å². The first kappa shape index (κ1) is 20.5. The van der Waals surface area contributed by atoms with Crippen molar-refractivity contribution in [3.8, 4) is 0 Å². The fraction of sp³-hybridized carbons (Fsp3) is 0.318. The van der Waals surface area contributed by atoms with Gasteiger partial charge in [-0.2, -0.15) is 0 Å². The van der Waals surface area contributed by atoms with E-state index in [0.29, 0.717) is 13.2 Å². The van der Waals surface area contributed by atoms with Crippen LogP contribution in [0.3, 0.4) is 0 Å². The molecule has 0 aliphatic carbocycles. The van der Waals surface area contributed by atoms with Crippen molar-refractivity contribution in [1.29, 1.82) is 0 Å². The summed E-state index contributed by atoms with van der Waals surface area (Å²) < 4.78 is 5.43. The molecular weight excluding hydrogens is 370 g/mol. The van der Waals surface area contributed by atoms with Gasteiger partial charge in [-0.1, -0.05) is 60.7 Å². The number of hydrogen-bond donors (Lipinski definition) is 2. The molecule has 1 aliphatic rings. The lowest BCUT2D eigenvalue weighted by Crippen LogP contribution is -2.40. The summed E-state index contributed by atoms with van der Waals surface area (Å²) in [4.78, 5) is 36.6. The Labute approximate surface area is 170 Å². The van der Waals surface area contributed by atoms with Crippen molar-refractivity contribution in [2.45, 2.75) is 18.9 Å². The number of hydrogen-bond acceptors (Lipinski definition) is 4. The highest BCUT2D eigenvalue weighted by atomic mass is 16.5. The molecule has 152 valence electrons. The van der Waals surface area contributed by atoms with Crippen molar-refractivity contribution in [2.24, 2.45) is 0 Å². The normalized spacial score (nSPS) is 13.8. The molecule has 29 heavy (non-hydrogen) atoms. The van der Waals surface area contributed by atoms with E-state index in [1.54, 1.807) is 0 Å². The van der Waals surface area contributed by atoms with Gasteiger partial charge in [-0.3, -0.25) is 14.5 Å². The molecule has 7 nitrogen and oxygen atoms in total. The summed E-state index contributed by atoms with van der Waals surface area (Å²) >= 11 is 0. The lowest BCUT2D eigenvalue weighted by Gasteiger charge is -2.20. The van der Waals surface area contributed by atoms with Crippen LogP contribution < -0.4 is 10.6 Å². The number of amides is 4. The van der Waals surface area contributed by atoms with Crippen LogP contribution in [0.2, 0.25) is 0 Å². The van der Waals surface area contributed by atoms with E-state index < -0.39 is 0 Å². The standard InChI is InChI=1S/C22H25N3O4/c26-19-11-12-20(27)25(19)14-16-29-15-13-23-22(28)24-21(17-7-3-1-4-8-17)18-9-5-2-6-10-18/h1-10,21H,11-16H2,(H2,23,24,28). The molecular formula is C22H25N3O4. The Balaban J connectivity index is 1.42. The molecule has 2 aromatic rings. The third kappa shape index (κ3) is 5.89. The highest BCUT2D eigenvalue weighted by molar-refractivity contribution is 6.01. The molecule has 0 spiro atoms. The van der Waals surface area contributed by atoms with E-state index in [-0.39, 0.29) is 49.9 Å². The summed E-state index contributed by atoms with van der Waals surface area (Å²) in [6, 6.07) is 19.0. The van der Waals surface area contributed by atoms with E-state index in [1.165, 1.54) is 4.90 Å². The number of urea groups is 1. The smallest absolute Gasteiger partial charge is 0.315 e. The molecule has 0 saturated carbocycles. The van der Waals surface area contributed by atoms with Crippen molar-refractivity contribution in [1.82, 2.24) is 15.5 Å². The Hall–Kier alpha value is -3.19. The Kier molecular flexibility index (Phi) is 7.35. The molecule has 1 aliphatic heterocycles. The van der Waals surface area contributed by atoms with Crippen LogP contribution in [0.4, 0.5) is 4.79 Å². The summed E-state index contributed by atoms with van der Waals surface area (Å²) in [5.41, 5.74) is 1.98. The molecule has 0 atom stereocenters. The predicted molar refractivity (Wildman–Crippen MR) is 108 cm³/mol. The van der Waals surface area contributed by atoms with E-state index in [0.717, 1.165) is 11.1 Å². The number of nitrogens with one attached hydrogen (secondary N) is 2. The molecule has 2 N–H and O–H groups in total. The second-order valence-corrected chi connectivity index (χ2v) is 6.71. The summed E-state index contributed by atoms with van der Waals surface area (Å²) in [6.07, 6.45) is 0.565. The first-order valence-corrected chi connectivity index (χ1v) is 9.70. The van der Waals surface area contributed by atoms with Gasteiger partial charge < -0.3 is 15.4 Å². The van der Waals surface area contributed by atoms with Crippen LogP contribution >= 0.6 is 0 Å². The van der Waals surface area contributed by atoms with Crippen LogP contribution in [-0.2, 0) is 14.3 Å². The molecule has 1 saturated heterocycles. The van der Waals surface area contributed by atoms with E-state index in [1.807, 2.05) is 60.7 Å². The first-order valence-electron chi connectivity index (χ1n) is 9.70. The molecule has 0 aromatic heterocycles. The van der Waals surface area contributed by atoms with Crippen molar-refractivity contribution in [2.75, 3.05) is 26.3 Å². The van der Waals surface area contributed by atoms with Gasteiger partial charge in [-0.05, 0) is 11.1 Å². The number of carbonyl (C=O) groups is 3. The highest BCUT2D eigenvalue weighted by Crippen LogP contribution is 2.21. The van der Waals surface area contributed by atoms with Gasteiger partial charge in [0.2, 0.25) is 11.8 Å². The molecule has 1 heterocycles. The molecule has 1 fully saturated rings. The predicted octanol–water partition coefficient (Wildman–Crippen LogP) is 2.24. The maximum atomic E-state index is 12.4. The van der Waals surface area contributed by atoms with Crippen molar-refractivity contribution < 1.29 is 19.1 Å². The van der Waals surface area contributed by atoms with E-state index >= 15 is 0 Å². The van der Waals surface area contributed by atoms with Crippen LogP contribution in [0, 0.1) is 0 Å². The number of ether oxygens (including phenoxy) is 1. The van der Waals surface area contributed by atoms with Gasteiger partial charge in [0.25, 0.3) is 0 Å².